The molecule has 7 heteroatoms. The van der Waals surface area contributed by atoms with Gasteiger partial charge >= 0.3 is 0 Å². The van der Waals surface area contributed by atoms with Crippen LogP contribution in [0.5, 0.6) is 0 Å². The van der Waals surface area contributed by atoms with E-state index in [0.717, 1.165) is 14.9 Å². The Hall–Kier alpha value is -1.31. The minimum absolute atomic E-state index is 0.106. The maximum Gasteiger partial charge on any atom is 0.271 e. The number of aromatic nitrogens is 2. The number of amides is 1. The first kappa shape index (κ1) is 14.1. The average Bonchev–Trinajstić information content (AvgIpc) is 2.98. The van der Waals surface area contributed by atoms with Crippen molar-refractivity contribution in [3.8, 4) is 0 Å². The molecule has 0 aliphatic carbocycles. The van der Waals surface area contributed by atoms with Crippen LogP contribution in [0, 0.1) is 6.92 Å². The molecule has 0 radical (unpaired) electrons. The molecule has 1 atom stereocenters. The number of nitrogens with two attached hydrogens (primary N) is 1. The predicted octanol–water partition coefficient (Wildman–Crippen LogP) is 1.90. The molecule has 1 unspecified atom stereocenters. The predicted molar refractivity (Wildman–Crippen MR) is 77.6 cm³/mol. The van der Waals surface area contributed by atoms with Crippen LogP contribution in [0.25, 0.3) is 0 Å². The van der Waals surface area contributed by atoms with E-state index in [9.17, 15) is 4.79 Å². The number of nitrogens with one attached hydrogen (secondary N) is 1. The van der Waals surface area contributed by atoms with Crippen molar-refractivity contribution in [2.45, 2.75) is 26.3 Å². The van der Waals surface area contributed by atoms with E-state index in [1.165, 1.54) is 11.3 Å². The van der Waals surface area contributed by atoms with Crippen LogP contribution >= 0.6 is 22.7 Å². The number of carbonyl (C=O) groups excluding carboxylic acids is 1. The molecule has 0 spiro atoms. The van der Waals surface area contributed by atoms with Crippen LogP contribution in [0.1, 0.15) is 38.3 Å². The molecule has 0 aliphatic heterocycles. The summed E-state index contributed by atoms with van der Waals surface area (Å²) in [6.07, 6.45) is 2.52. The zero-order valence-electron chi connectivity index (χ0n) is 10.8. The van der Waals surface area contributed by atoms with Crippen molar-refractivity contribution < 1.29 is 4.79 Å². The molecule has 0 saturated heterocycles. The third-order valence-corrected chi connectivity index (χ3v) is 4.50. The largest absolute Gasteiger partial charge is 0.342 e. The molecular weight excluding hydrogens is 280 g/mol. The van der Waals surface area contributed by atoms with Gasteiger partial charge in [-0.05, 0) is 20.4 Å². The Morgan fingerprint density at radius 1 is 1.58 bits per heavy atom. The molecule has 1 amide bonds. The van der Waals surface area contributed by atoms with Crippen LogP contribution in [0.3, 0.4) is 0 Å². The molecule has 2 rings (SSSR count). The molecule has 2 aromatic heterocycles. The minimum atomic E-state index is -0.167. The second kappa shape index (κ2) is 6.23. The van der Waals surface area contributed by atoms with Gasteiger partial charge in [0, 0.05) is 22.9 Å². The number of rotatable bonds is 5. The van der Waals surface area contributed by atoms with Gasteiger partial charge in [-0.3, -0.25) is 4.79 Å². The Balaban J connectivity index is 1.99. The molecule has 5 nitrogen and oxygen atoms in total. The van der Waals surface area contributed by atoms with Crippen LogP contribution in [-0.2, 0) is 6.42 Å². The van der Waals surface area contributed by atoms with E-state index in [1.54, 1.807) is 16.7 Å². The quantitative estimate of drug-likeness (QED) is 0.883. The van der Waals surface area contributed by atoms with Crippen LogP contribution in [0.15, 0.2) is 11.6 Å². The highest BCUT2D eigenvalue weighted by atomic mass is 32.1. The third kappa shape index (κ3) is 3.59. The van der Waals surface area contributed by atoms with Gasteiger partial charge in [-0.15, -0.1) is 22.7 Å². The summed E-state index contributed by atoms with van der Waals surface area (Å²) in [6.45, 7) is 4.46. The van der Waals surface area contributed by atoms with Gasteiger partial charge in [-0.25, -0.2) is 9.97 Å². The van der Waals surface area contributed by atoms with E-state index >= 15 is 0 Å². The number of nitrogens with zero attached hydrogens (tertiary/aromatic N) is 2. The molecule has 0 bridgehead atoms. The SMILES string of the molecule is Cc1cnc(C(C)NC(=O)c2csc(CCN)n2)s1. The second-order valence-electron chi connectivity index (χ2n) is 4.17. The lowest BCUT2D eigenvalue weighted by atomic mass is 10.3. The number of aryl methyl sites for hydroxylation is 1. The Kier molecular flexibility index (Phi) is 4.62. The van der Waals surface area contributed by atoms with E-state index in [2.05, 4.69) is 15.3 Å². The monoisotopic (exact) mass is 296 g/mol. The Morgan fingerprint density at radius 2 is 2.37 bits per heavy atom. The fourth-order valence-corrected chi connectivity index (χ4v) is 3.13. The summed E-state index contributed by atoms with van der Waals surface area (Å²) in [6, 6.07) is -0.106. The van der Waals surface area contributed by atoms with Crippen molar-refractivity contribution >= 4 is 28.6 Å². The highest BCUT2D eigenvalue weighted by Gasteiger charge is 2.16. The van der Waals surface area contributed by atoms with Gasteiger partial charge in [0.1, 0.15) is 10.7 Å². The summed E-state index contributed by atoms with van der Waals surface area (Å²) >= 11 is 3.05. The van der Waals surface area contributed by atoms with Crippen molar-refractivity contribution in [1.82, 2.24) is 15.3 Å². The van der Waals surface area contributed by atoms with E-state index < -0.39 is 0 Å². The smallest absolute Gasteiger partial charge is 0.271 e. The molecule has 0 aliphatic rings. The Morgan fingerprint density at radius 3 is 3.00 bits per heavy atom. The highest BCUT2D eigenvalue weighted by molar-refractivity contribution is 7.11. The van der Waals surface area contributed by atoms with E-state index in [4.69, 9.17) is 5.73 Å². The highest BCUT2D eigenvalue weighted by Crippen LogP contribution is 2.19. The topological polar surface area (TPSA) is 80.9 Å². The summed E-state index contributed by atoms with van der Waals surface area (Å²) in [4.78, 5) is 21.7. The first-order valence-electron chi connectivity index (χ1n) is 5.98. The van der Waals surface area contributed by atoms with Gasteiger partial charge in [-0.2, -0.15) is 0 Å². The third-order valence-electron chi connectivity index (χ3n) is 2.50. The van der Waals surface area contributed by atoms with Crippen molar-refractivity contribution in [1.29, 1.82) is 0 Å². The molecule has 102 valence electrons. The number of hydrogen-bond donors (Lipinski definition) is 2. The van der Waals surface area contributed by atoms with Gasteiger partial charge in [0.15, 0.2) is 0 Å². The number of hydrogen-bond acceptors (Lipinski definition) is 6. The minimum Gasteiger partial charge on any atom is -0.342 e. The van der Waals surface area contributed by atoms with Gasteiger partial charge in [-0.1, -0.05) is 0 Å². The lowest BCUT2D eigenvalue weighted by Crippen LogP contribution is -2.26. The van der Waals surface area contributed by atoms with Crippen molar-refractivity contribution in [2.24, 2.45) is 5.73 Å². The lowest BCUT2D eigenvalue weighted by molar-refractivity contribution is 0.0935. The zero-order valence-corrected chi connectivity index (χ0v) is 12.5. The summed E-state index contributed by atoms with van der Waals surface area (Å²) in [7, 11) is 0. The van der Waals surface area contributed by atoms with Crippen LogP contribution in [-0.4, -0.2) is 22.4 Å². The average molecular weight is 296 g/mol. The second-order valence-corrected chi connectivity index (χ2v) is 6.38. The molecule has 2 aromatic rings. The fourth-order valence-electron chi connectivity index (χ4n) is 1.56. The summed E-state index contributed by atoms with van der Waals surface area (Å²) < 4.78 is 0. The normalized spacial score (nSPS) is 12.4. The summed E-state index contributed by atoms with van der Waals surface area (Å²) in [5.41, 5.74) is 5.92. The summed E-state index contributed by atoms with van der Waals surface area (Å²) in [5.74, 6) is -0.167. The van der Waals surface area contributed by atoms with Crippen LogP contribution < -0.4 is 11.1 Å². The molecule has 0 fully saturated rings. The first-order chi connectivity index (χ1) is 9.10. The Bertz CT molecular complexity index is 564. The number of carbonyl (C=O) groups is 1. The van der Waals surface area contributed by atoms with Gasteiger partial charge in [0.2, 0.25) is 0 Å². The molecule has 0 aromatic carbocycles. The summed E-state index contributed by atoms with van der Waals surface area (Å²) in [5, 5.41) is 6.47. The van der Waals surface area contributed by atoms with E-state index in [-0.39, 0.29) is 11.9 Å². The van der Waals surface area contributed by atoms with Gasteiger partial charge < -0.3 is 11.1 Å². The van der Waals surface area contributed by atoms with Crippen molar-refractivity contribution in [2.75, 3.05) is 6.54 Å². The van der Waals surface area contributed by atoms with E-state index in [0.29, 0.717) is 18.7 Å². The van der Waals surface area contributed by atoms with Gasteiger partial charge in [0.05, 0.1) is 11.0 Å². The van der Waals surface area contributed by atoms with Gasteiger partial charge in [0.25, 0.3) is 5.91 Å². The lowest BCUT2D eigenvalue weighted by Gasteiger charge is -2.09. The molecule has 0 saturated carbocycles. The van der Waals surface area contributed by atoms with Crippen molar-refractivity contribution in [3.05, 3.63) is 32.2 Å². The maximum absolute atomic E-state index is 12.0. The van der Waals surface area contributed by atoms with E-state index in [1.807, 2.05) is 20.0 Å². The molecule has 3 N–H and O–H groups in total. The first-order valence-corrected chi connectivity index (χ1v) is 7.67. The van der Waals surface area contributed by atoms with Crippen LogP contribution in [0.4, 0.5) is 0 Å². The van der Waals surface area contributed by atoms with Crippen molar-refractivity contribution in [3.63, 3.8) is 0 Å². The van der Waals surface area contributed by atoms with Crippen LogP contribution in [0.2, 0.25) is 0 Å². The molecular formula is C12H16N4OS2. The zero-order chi connectivity index (χ0) is 13.8. The number of thiazole rings is 2. The molecule has 19 heavy (non-hydrogen) atoms. The fraction of sp³-hybridized carbons (Fsp3) is 0.417. The standard InChI is InChI=1S/C12H16N4OS2/c1-7-5-14-12(19-7)8(2)15-11(17)9-6-18-10(16-9)3-4-13/h5-6,8H,3-4,13H2,1-2H3,(H,15,17). The Labute approximate surface area is 119 Å². The maximum atomic E-state index is 12.0. The molecule has 2 heterocycles.